The number of quaternary nitrogens is 1. The van der Waals surface area contributed by atoms with Gasteiger partial charge in [0.1, 0.15) is 12.1 Å². The molecule has 0 radical (unpaired) electrons. The predicted molar refractivity (Wildman–Crippen MR) is 92.6 cm³/mol. The van der Waals surface area contributed by atoms with E-state index in [-0.39, 0.29) is 13.0 Å². The molecule has 0 bridgehead atoms. The number of cyclic esters (lactones) is 1. The number of nitrogens with two attached hydrogens (primary N) is 1. The Morgan fingerprint density at radius 3 is 2.67 bits per heavy atom. The van der Waals surface area contributed by atoms with Gasteiger partial charge in [-0.2, -0.15) is 4.48 Å². The van der Waals surface area contributed by atoms with Crippen molar-refractivity contribution in [1.82, 2.24) is 10.3 Å². The minimum atomic E-state index is -1.37. The third-order valence-corrected chi connectivity index (χ3v) is 5.82. The van der Waals surface area contributed by atoms with Gasteiger partial charge in [0, 0.05) is 11.8 Å². The van der Waals surface area contributed by atoms with E-state index in [2.05, 4.69) is 10.3 Å². The summed E-state index contributed by atoms with van der Waals surface area (Å²) in [5.41, 5.74) is 7.88. The number of nitrogens with one attached hydrogen (secondary N) is 1. The van der Waals surface area contributed by atoms with Crippen LogP contribution in [0.5, 0.6) is 0 Å². The predicted octanol–water partition coefficient (Wildman–Crippen LogP) is -0.202. The first-order chi connectivity index (χ1) is 12.7. The smallest absolute Gasteiger partial charge is 0.408 e. The third-order valence-electron chi connectivity index (χ3n) is 5.21. The number of ether oxygens (including phenoxy) is 1. The van der Waals surface area contributed by atoms with Gasteiger partial charge in [-0.25, -0.2) is 24.2 Å². The van der Waals surface area contributed by atoms with Gasteiger partial charge in [0.15, 0.2) is 6.04 Å². The minimum absolute atomic E-state index is 0.0303. The molecule has 2 aliphatic heterocycles. The first kappa shape index (κ1) is 19.4. The standard InChI is InChI=1S/C16H20N4O6S/c1-7(17)13(21)20(14(22)11-8(2)26-16(25)19-11)4-3-9(12(20)15(23)24)10-5-27-6-18-10/h5-9,11-12H,3-4,17H2,1-2H3,(H-,19,23,24,25)/p+1/t7-,8?,9+,11?,12-,20-/m0/s1. The van der Waals surface area contributed by atoms with Gasteiger partial charge in [-0.3, -0.25) is 0 Å². The van der Waals surface area contributed by atoms with Gasteiger partial charge in [-0.1, -0.05) is 0 Å². The molecule has 3 heterocycles. The van der Waals surface area contributed by atoms with Crippen LogP contribution in [0.25, 0.3) is 0 Å². The number of carboxylic acids is 1. The van der Waals surface area contributed by atoms with Crippen molar-refractivity contribution in [3.8, 4) is 0 Å². The Morgan fingerprint density at radius 2 is 2.19 bits per heavy atom. The van der Waals surface area contributed by atoms with Gasteiger partial charge in [0.05, 0.1) is 23.7 Å². The van der Waals surface area contributed by atoms with Crippen molar-refractivity contribution in [1.29, 1.82) is 0 Å². The number of thiazole rings is 1. The molecule has 0 spiro atoms. The van der Waals surface area contributed by atoms with Crippen LogP contribution in [-0.4, -0.2) is 69.2 Å². The lowest BCUT2D eigenvalue weighted by Crippen LogP contribution is -2.70. The zero-order chi connectivity index (χ0) is 19.9. The summed E-state index contributed by atoms with van der Waals surface area (Å²) in [7, 11) is 0. The number of aromatic nitrogens is 1. The number of alkyl carbamates (subject to hydrolysis) is 1. The second-order valence-corrected chi connectivity index (χ2v) is 7.60. The summed E-state index contributed by atoms with van der Waals surface area (Å²) in [6.45, 7) is 2.90. The minimum Gasteiger partial charge on any atom is -0.477 e. The molecule has 0 aromatic carbocycles. The molecule has 27 heavy (non-hydrogen) atoms. The fraction of sp³-hybridized carbons (Fsp3) is 0.562. The van der Waals surface area contributed by atoms with Crippen LogP contribution in [0.3, 0.4) is 0 Å². The lowest BCUT2D eigenvalue weighted by Gasteiger charge is -2.36. The summed E-state index contributed by atoms with van der Waals surface area (Å²) >= 11 is 1.31. The summed E-state index contributed by atoms with van der Waals surface area (Å²) in [5, 5.41) is 14.0. The maximum Gasteiger partial charge on any atom is 0.408 e. The highest BCUT2D eigenvalue weighted by atomic mass is 32.1. The largest absolute Gasteiger partial charge is 0.477 e. The molecule has 6 atom stereocenters. The molecule has 4 N–H and O–H groups in total. The van der Waals surface area contributed by atoms with Crippen LogP contribution < -0.4 is 11.1 Å². The van der Waals surface area contributed by atoms with E-state index < -0.39 is 58.5 Å². The fourth-order valence-corrected chi connectivity index (χ4v) is 4.63. The summed E-state index contributed by atoms with van der Waals surface area (Å²) in [6.07, 6.45) is -1.33. The van der Waals surface area contributed by atoms with Crippen molar-refractivity contribution in [2.45, 2.75) is 50.4 Å². The van der Waals surface area contributed by atoms with E-state index in [0.29, 0.717) is 5.69 Å². The number of carboxylic acid groups (broad SMARTS) is 1. The number of amides is 3. The molecule has 2 aliphatic rings. The molecule has 2 unspecified atom stereocenters. The molecular formula is C16H21N4O6S+. The van der Waals surface area contributed by atoms with Crippen molar-refractivity contribution in [2.75, 3.05) is 6.54 Å². The number of likely N-dealkylation sites (tertiary alicyclic amines) is 1. The van der Waals surface area contributed by atoms with Gasteiger partial charge < -0.3 is 20.9 Å². The number of carbonyl (C=O) groups is 4. The molecule has 0 saturated carbocycles. The van der Waals surface area contributed by atoms with E-state index in [0.717, 1.165) is 0 Å². The summed E-state index contributed by atoms with van der Waals surface area (Å²) in [5.74, 6) is -3.32. The van der Waals surface area contributed by atoms with Gasteiger partial charge in [-0.15, -0.1) is 11.3 Å². The highest BCUT2D eigenvalue weighted by Crippen LogP contribution is 2.41. The zero-order valence-corrected chi connectivity index (χ0v) is 15.6. The van der Waals surface area contributed by atoms with Crippen LogP contribution in [-0.2, 0) is 19.1 Å². The fourth-order valence-electron chi connectivity index (χ4n) is 4.01. The summed E-state index contributed by atoms with van der Waals surface area (Å²) in [4.78, 5) is 54.4. The molecule has 2 fully saturated rings. The van der Waals surface area contributed by atoms with E-state index >= 15 is 0 Å². The van der Waals surface area contributed by atoms with Crippen molar-refractivity contribution >= 4 is 35.2 Å². The maximum atomic E-state index is 13.4. The molecule has 3 rings (SSSR count). The Bertz CT molecular complexity index is 782. The lowest BCUT2D eigenvalue weighted by molar-refractivity contribution is -0.785. The average molecular weight is 397 g/mol. The molecule has 1 aromatic heterocycles. The number of carbonyl (C=O) groups excluding carboxylic acids is 3. The number of aliphatic carboxylic acids is 1. The Hall–Kier alpha value is -2.37. The van der Waals surface area contributed by atoms with Gasteiger partial charge in [0.2, 0.25) is 6.04 Å². The SMILES string of the molecule is CC1OC(=O)NC1C(=O)[N@@+]1(C(=O)[C@H](C)N)CC[C@H](c2cscn2)[C@H]1C(=O)O. The molecule has 2 saturated heterocycles. The van der Waals surface area contributed by atoms with Crippen LogP contribution >= 0.6 is 11.3 Å². The molecule has 146 valence electrons. The van der Waals surface area contributed by atoms with Crippen LogP contribution in [0, 0.1) is 0 Å². The number of imide groups is 1. The number of rotatable bonds is 4. The second-order valence-electron chi connectivity index (χ2n) is 6.88. The Balaban J connectivity index is 2.10. The molecular weight excluding hydrogens is 376 g/mol. The van der Waals surface area contributed by atoms with E-state index in [1.807, 2.05) is 0 Å². The number of hydrogen-bond donors (Lipinski definition) is 3. The van der Waals surface area contributed by atoms with Gasteiger partial charge >= 0.3 is 23.9 Å². The van der Waals surface area contributed by atoms with Crippen molar-refractivity contribution in [3.63, 3.8) is 0 Å². The van der Waals surface area contributed by atoms with Crippen molar-refractivity contribution in [3.05, 3.63) is 16.6 Å². The van der Waals surface area contributed by atoms with Crippen LogP contribution in [0.1, 0.15) is 31.9 Å². The van der Waals surface area contributed by atoms with Crippen molar-refractivity contribution in [2.24, 2.45) is 5.73 Å². The molecule has 3 amide bonds. The molecule has 10 nitrogen and oxygen atoms in total. The molecule has 1 aromatic rings. The molecule has 0 aliphatic carbocycles. The summed E-state index contributed by atoms with van der Waals surface area (Å²) in [6, 6.07) is -3.56. The quantitative estimate of drug-likeness (QED) is 0.591. The third kappa shape index (κ3) is 3.01. The second kappa shape index (κ2) is 6.98. The van der Waals surface area contributed by atoms with E-state index in [1.165, 1.54) is 25.2 Å². The van der Waals surface area contributed by atoms with E-state index in [1.54, 1.807) is 10.9 Å². The van der Waals surface area contributed by atoms with E-state index in [4.69, 9.17) is 10.5 Å². The Labute approximate surface area is 158 Å². The first-order valence-corrected chi connectivity index (χ1v) is 9.44. The Kier molecular flexibility index (Phi) is 5.02. The number of nitrogens with zero attached hydrogens (tertiary/aromatic N) is 2. The highest BCUT2D eigenvalue weighted by Gasteiger charge is 2.65. The normalized spacial score (nSPS) is 34.0. The monoisotopic (exact) mass is 397 g/mol. The first-order valence-electron chi connectivity index (χ1n) is 8.50. The highest BCUT2D eigenvalue weighted by molar-refractivity contribution is 7.07. The van der Waals surface area contributed by atoms with Gasteiger partial charge in [0.25, 0.3) is 0 Å². The summed E-state index contributed by atoms with van der Waals surface area (Å²) < 4.78 is 3.99. The van der Waals surface area contributed by atoms with Crippen molar-refractivity contribution < 1.29 is 33.5 Å². The van der Waals surface area contributed by atoms with Crippen LogP contribution in [0.4, 0.5) is 4.79 Å². The van der Waals surface area contributed by atoms with Crippen LogP contribution in [0.15, 0.2) is 10.9 Å². The van der Waals surface area contributed by atoms with Crippen LogP contribution in [0.2, 0.25) is 0 Å². The van der Waals surface area contributed by atoms with Gasteiger partial charge in [-0.05, 0) is 13.8 Å². The number of hydrogen-bond acceptors (Lipinski definition) is 8. The molecule has 11 heteroatoms. The zero-order valence-electron chi connectivity index (χ0n) is 14.8. The Morgan fingerprint density at radius 1 is 1.48 bits per heavy atom. The topological polar surface area (TPSA) is 149 Å². The lowest BCUT2D eigenvalue weighted by atomic mass is 9.95. The van der Waals surface area contributed by atoms with E-state index in [9.17, 15) is 24.3 Å². The maximum absolute atomic E-state index is 13.4. The average Bonchev–Trinajstić information content (AvgIpc) is 3.31.